The zero-order valence-corrected chi connectivity index (χ0v) is 11.8. The topological polar surface area (TPSA) is 29.5 Å². The number of rotatable bonds is 4. The summed E-state index contributed by atoms with van der Waals surface area (Å²) >= 11 is 0. The van der Waals surface area contributed by atoms with Gasteiger partial charge in [-0.25, -0.2) is 0 Å². The van der Waals surface area contributed by atoms with Crippen LogP contribution in [-0.4, -0.2) is 37.6 Å². The first kappa shape index (κ1) is 15.8. The van der Waals surface area contributed by atoms with Crippen molar-refractivity contribution in [1.29, 1.82) is 0 Å². The van der Waals surface area contributed by atoms with Gasteiger partial charge in [0.2, 0.25) is 0 Å². The van der Waals surface area contributed by atoms with Crippen molar-refractivity contribution >= 4 is 6.29 Å². The largest absolute Gasteiger partial charge is 0.496 e. The summed E-state index contributed by atoms with van der Waals surface area (Å²) in [6.07, 6.45) is -3.10. The Hall–Kier alpha value is -1.56. The number of halogens is 3. The molecule has 0 unspecified atom stereocenters. The number of ether oxygens (including phenoxy) is 1. The number of carbonyl (C=O) groups is 1. The lowest BCUT2D eigenvalue weighted by molar-refractivity contribution is -0.185. The Labute approximate surface area is 121 Å². The van der Waals surface area contributed by atoms with Gasteiger partial charge in [0.25, 0.3) is 0 Å². The van der Waals surface area contributed by atoms with Crippen LogP contribution in [0.25, 0.3) is 0 Å². The van der Waals surface area contributed by atoms with Crippen LogP contribution in [0.5, 0.6) is 5.75 Å². The molecule has 1 aliphatic rings. The highest BCUT2D eigenvalue weighted by Gasteiger charge is 2.41. The summed E-state index contributed by atoms with van der Waals surface area (Å²) in [7, 11) is 1.54. The maximum absolute atomic E-state index is 12.6. The van der Waals surface area contributed by atoms with Crippen molar-refractivity contribution < 1.29 is 22.7 Å². The second kappa shape index (κ2) is 6.47. The second-order valence-electron chi connectivity index (χ2n) is 5.28. The SMILES string of the molecule is COc1ccc(C=O)cc1CN1CCC(C(F)(F)F)CC1. The monoisotopic (exact) mass is 301 g/mol. The van der Waals surface area contributed by atoms with Gasteiger partial charge in [-0.15, -0.1) is 0 Å². The second-order valence-corrected chi connectivity index (χ2v) is 5.28. The summed E-state index contributed by atoms with van der Waals surface area (Å²) in [5.41, 5.74) is 1.36. The van der Waals surface area contributed by atoms with E-state index >= 15 is 0 Å². The van der Waals surface area contributed by atoms with E-state index in [4.69, 9.17) is 4.74 Å². The molecule has 0 aromatic heterocycles. The normalized spacial score (nSPS) is 17.7. The van der Waals surface area contributed by atoms with E-state index in [-0.39, 0.29) is 12.8 Å². The molecule has 116 valence electrons. The van der Waals surface area contributed by atoms with E-state index in [0.29, 0.717) is 30.9 Å². The van der Waals surface area contributed by atoms with Gasteiger partial charge < -0.3 is 4.74 Å². The van der Waals surface area contributed by atoms with Crippen LogP contribution in [0, 0.1) is 5.92 Å². The Bertz CT molecular complexity index is 494. The van der Waals surface area contributed by atoms with E-state index in [0.717, 1.165) is 11.8 Å². The predicted octanol–water partition coefficient (Wildman–Crippen LogP) is 3.28. The highest BCUT2D eigenvalue weighted by molar-refractivity contribution is 5.75. The van der Waals surface area contributed by atoms with Crippen molar-refractivity contribution in [1.82, 2.24) is 4.90 Å². The van der Waals surface area contributed by atoms with Crippen LogP contribution >= 0.6 is 0 Å². The van der Waals surface area contributed by atoms with Gasteiger partial charge in [-0.2, -0.15) is 13.2 Å². The van der Waals surface area contributed by atoms with Crippen LogP contribution in [0.3, 0.4) is 0 Å². The molecule has 1 heterocycles. The fraction of sp³-hybridized carbons (Fsp3) is 0.533. The Morgan fingerprint density at radius 3 is 2.52 bits per heavy atom. The van der Waals surface area contributed by atoms with Crippen molar-refractivity contribution in [3.05, 3.63) is 29.3 Å². The van der Waals surface area contributed by atoms with Gasteiger partial charge in [-0.1, -0.05) is 0 Å². The highest BCUT2D eigenvalue weighted by Crippen LogP contribution is 2.34. The third kappa shape index (κ3) is 3.97. The number of hydrogen-bond donors (Lipinski definition) is 0. The summed E-state index contributed by atoms with van der Waals surface area (Å²) < 4.78 is 43.1. The molecule has 0 bridgehead atoms. The summed E-state index contributed by atoms with van der Waals surface area (Å²) in [5.74, 6) is -0.546. The van der Waals surface area contributed by atoms with Gasteiger partial charge >= 0.3 is 6.18 Å². The number of carbonyl (C=O) groups excluding carboxylic acids is 1. The molecule has 1 fully saturated rings. The zero-order valence-electron chi connectivity index (χ0n) is 11.8. The van der Waals surface area contributed by atoms with Gasteiger partial charge in [0, 0.05) is 17.7 Å². The van der Waals surface area contributed by atoms with Gasteiger partial charge in [-0.3, -0.25) is 9.69 Å². The molecule has 0 saturated carbocycles. The number of methoxy groups -OCH3 is 1. The van der Waals surface area contributed by atoms with E-state index < -0.39 is 12.1 Å². The van der Waals surface area contributed by atoms with Crippen LogP contribution in [0.2, 0.25) is 0 Å². The molecule has 1 aliphatic heterocycles. The maximum Gasteiger partial charge on any atom is 0.391 e. The molecular weight excluding hydrogens is 283 g/mol. The molecule has 21 heavy (non-hydrogen) atoms. The van der Waals surface area contributed by atoms with E-state index in [2.05, 4.69) is 0 Å². The molecule has 0 aliphatic carbocycles. The summed E-state index contributed by atoms with van der Waals surface area (Å²) in [4.78, 5) is 12.8. The van der Waals surface area contributed by atoms with Gasteiger partial charge in [0.15, 0.2) is 0 Å². The first-order valence-corrected chi connectivity index (χ1v) is 6.85. The molecule has 0 radical (unpaired) electrons. The summed E-state index contributed by atoms with van der Waals surface area (Å²) in [6.45, 7) is 1.30. The van der Waals surface area contributed by atoms with Crippen LogP contribution < -0.4 is 4.74 Å². The number of piperidine rings is 1. The average Bonchev–Trinajstić information content (AvgIpc) is 2.46. The molecule has 6 heteroatoms. The number of hydrogen-bond acceptors (Lipinski definition) is 3. The van der Waals surface area contributed by atoms with Crippen molar-refractivity contribution in [2.24, 2.45) is 5.92 Å². The number of benzene rings is 1. The van der Waals surface area contributed by atoms with Crippen LogP contribution in [-0.2, 0) is 6.54 Å². The molecule has 0 atom stereocenters. The Morgan fingerprint density at radius 2 is 2.00 bits per heavy atom. The molecule has 2 rings (SSSR count). The van der Waals surface area contributed by atoms with E-state index in [1.54, 1.807) is 18.2 Å². The Balaban J connectivity index is 2.02. The molecule has 3 nitrogen and oxygen atoms in total. The summed E-state index contributed by atoms with van der Waals surface area (Å²) in [5, 5.41) is 0. The van der Waals surface area contributed by atoms with Gasteiger partial charge in [0.05, 0.1) is 13.0 Å². The first-order chi connectivity index (χ1) is 9.94. The predicted molar refractivity (Wildman–Crippen MR) is 72.4 cm³/mol. The average molecular weight is 301 g/mol. The van der Waals surface area contributed by atoms with Crippen LogP contribution in [0.4, 0.5) is 13.2 Å². The van der Waals surface area contributed by atoms with Crippen LogP contribution in [0.1, 0.15) is 28.8 Å². The van der Waals surface area contributed by atoms with E-state index in [1.165, 1.54) is 7.11 Å². The third-order valence-corrected chi connectivity index (χ3v) is 3.88. The van der Waals surface area contributed by atoms with E-state index in [9.17, 15) is 18.0 Å². The van der Waals surface area contributed by atoms with Crippen molar-refractivity contribution in [3.63, 3.8) is 0 Å². The van der Waals surface area contributed by atoms with Crippen molar-refractivity contribution in [3.8, 4) is 5.75 Å². The lowest BCUT2D eigenvalue weighted by Crippen LogP contribution is -2.38. The first-order valence-electron chi connectivity index (χ1n) is 6.85. The molecule has 1 saturated heterocycles. The van der Waals surface area contributed by atoms with Crippen molar-refractivity contribution in [2.75, 3.05) is 20.2 Å². The van der Waals surface area contributed by atoms with Crippen molar-refractivity contribution in [2.45, 2.75) is 25.6 Å². The van der Waals surface area contributed by atoms with Crippen LogP contribution in [0.15, 0.2) is 18.2 Å². The Morgan fingerprint density at radius 1 is 1.33 bits per heavy atom. The molecule has 1 aromatic carbocycles. The number of likely N-dealkylation sites (tertiary alicyclic amines) is 1. The molecule has 0 spiro atoms. The third-order valence-electron chi connectivity index (χ3n) is 3.88. The standard InChI is InChI=1S/C15H18F3NO2/c1-21-14-3-2-11(10-20)8-12(14)9-19-6-4-13(5-7-19)15(16,17)18/h2-3,8,10,13H,4-7,9H2,1H3. The number of alkyl halides is 3. The smallest absolute Gasteiger partial charge is 0.391 e. The number of nitrogens with zero attached hydrogens (tertiary/aromatic N) is 1. The number of aldehydes is 1. The highest BCUT2D eigenvalue weighted by atomic mass is 19.4. The summed E-state index contributed by atoms with van der Waals surface area (Å²) in [6, 6.07) is 5.09. The quantitative estimate of drug-likeness (QED) is 0.799. The minimum Gasteiger partial charge on any atom is -0.496 e. The Kier molecular flexibility index (Phi) is 4.88. The lowest BCUT2D eigenvalue weighted by Gasteiger charge is -2.33. The van der Waals surface area contributed by atoms with Gasteiger partial charge in [-0.05, 0) is 44.1 Å². The fourth-order valence-electron chi connectivity index (χ4n) is 2.65. The zero-order chi connectivity index (χ0) is 15.5. The fourth-order valence-corrected chi connectivity index (χ4v) is 2.65. The molecule has 0 amide bonds. The van der Waals surface area contributed by atoms with Gasteiger partial charge in [0.1, 0.15) is 12.0 Å². The maximum atomic E-state index is 12.6. The lowest BCUT2D eigenvalue weighted by atomic mass is 9.96. The minimum absolute atomic E-state index is 0.124. The molecule has 0 N–H and O–H groups in total. The minimum atomic E-state index is -4.10. The molecule has 1 aromatic rings. The molecular formula is C15H18F3NO2. The van der Waals surface area contributed by atoms with E-state index in [1.807, 2.05) is 4.90 Å².